The van der Waals surface area contributed by atoms with E-state index < -0.39 is 0 Å². The topological polar surface area (TPSA) is 58.6 Å². The molecular formula is C24H26N2O3. The molecule has 0 aliphatic carbocycles. The van der Waals surface area contributed by atoms with Crippen LogP contribution in [0.3, 0.4) is 0 Å². The van der Waals surface area contributed by atoms with E-state index in [0.717, 1.165) is 28.9 Å². The van der Waals surface area contributed by atoms with Crippen LogP contribution in [-0.2, 0) is 16.2 Å². The van der Waals surface area contributed by atoms with Crippen molar-refractivity contribution in [3.8, 4) is 5.75 Å². The number of nitrogens with zero attached hydrogens (tertiary/aromatic N) is 1. The van der Waals surface area contributed by atoms with E-state index in [1.807, 2.05) is 37.4 Å². The zero-order valence-corrected chi connectivity index (χ0v) is 16.7. The largest absolute Gasteiger partial charge is 0.488 e. The highest BCUT2D eigenvalue weighted by Gasteiger charge is 2.26. The maximum atomic E-state index is 12.7. The summed E-state index contributed by atoms with van der Waals surface area (Å²) in [5.41, 5.74) is 4.58. The minimum atomic E-state index is -0.113. The Morgan fingerprint density at radius 1 is 1.17 bits per heavy atom. The van der Waals surface area contributed by atoms with E-state index in [4.69, 9.17) is 4.74 Å². The molecule has 1 saturated heterocycles. The second-order valence-electron chi connectivity index (χ2n) is 7.65. The Hall–Kier alpha value is -3.08. The fourth-order valence-corrected chi connectivity index (χ4v) is 4.01. The maximum absolute atomic E-state index is 12.7. The highest BCUT2D eigenvalue weighted by Crippen LogP contribution is 2.36. The summed E-state index contributed by atoms with van der Waals surface area (Å²) in [6, 6.07) is 16.4. The molecule has 5 heteroatoms. The monoisotopic (exact) mass is 390 g/mol. The molecule has 5 nitrogen and oxygen atoms in total. The Kier molecular flexibility index (Phi) is 5.65. The van der Waals surface area contributed by atoms with E-state index >= 15 is 0 Å². The van der Waals surface area contributed by atoms with Gasteiger partial charge in [-0.05, 0) is 35.6 Å². The van der Waals surface area contributed by atoms with Crippen molar-refractivity contribution < 1.29 is 14.3 Å². The van der Waals surface area contributed by atoms with Crippen molar-refractivity contribution in [2.24, 2.45) is 5.92 Å². The minimum absolute atomic E-state index is 0.0364. The molecule has 2 amide bonds. The summed E-state index contributed by atoms with van der Waals surface area (Å²) in [7, 11) is 1.84. The Labute approximate surface area is 171 Å². The molecule has 0 bridgehead atoms. The Morgan fingerprint density at radius 2 is 1.93 bits per heavy atom. The quantitative estimate of drug-likeness (QED) is 0.871. The summed E-state index contributed by atoms with van der Waals surface area (Å²) < 4.78 is 6.02. The Balaban J connectivity index is 1.51. The fraction of sp³-hybridized carbons (Fsp3) is 0.333. The second-order valence-corrected chi connectivity index (χ2v) is 7.65. The molecule has 150 valence electrons. The van der Waals surface area contributed by atoms with Crippen LogP contribution in [0.25, 0.3) is 5.57 Å². The first-order valence-electron chi connectivity index (χ1n) is 10.2. The first kappa shape index (κ1) is 19.2. The van der Waals surface area contributed by atoms with E-state index in [0.29, 0.717) is 32.5 Å². The average molecular weight is 390 g/mol. The summed E-state index contributed by atoms with van der Waals surface area (Å²) in [6.07, 6.45) is 4.02. The number of nitrogens with one attached hydrogen (secondary N) is 1. The Bertz CT molecular complexity index is 891. The third-order valence-corrected chi connectivity index (χ3v) is 5.67. The van der Waals surface area contributed by atoms with Crippen molar-refractivity contribution in [2.45, 2.75) is 25.9 Å². The van der Waals surface area contributed by atoms with Crippen LogP contribution >= 0.6 is 0 Å². The van der Waals surface area contributed by atoms with Crippen LogP contribution in [0.4, 0.5) is 0 Å². The lowest BCUT2D eigenvalue weighted by Crippen LogP contribution is -2.43. The molecule has 2 aromatic rings. The lowest BCUT2D eigenvalue weighted by Gasteiger charge is -2.26. The minimum Gasteiger partial charge on any atom is -0.488 e. The lowest BCUT2D eigenvalue weighted by atomic mass is 9.93. The molecule has 1 fully saturated rings. The van der Waals surface area contributed by atoms with Gasteiger partial charge < -0.3 is 15.0 Å². The molecule has 2 heterocycles. The molecule has 1 unspecified atom stereocenters. The van der Waals surface area contributed by atoms with Crippen molar-refractivity contribution in [3.63, 3.8) is 0 Å². The lowest BCUT2D eigenvalue weighted by molar-refractivity contribution is -0.136. The number of fused-ring (bicyclic) bond motifs is 2. The molecule has 29 heavy (non-hydrogen) atoms. The van der Waals surface area contributed by atoms with E-state index in [1.165, 1.54) is 5.56 Å². The molecule has 0 spiro atoms. The number of carbonyl (C=O) groups excluding carboxylic acids is 2. The van der Waals surface area contributed by atoms with E-state index in [-0.39, 0.29) is 17.7 Å². The number of rotatable bonds is 4. The van der Waals surface area contributed by atoms with Gasteiger partial charge in [0.2, 0.25) is 11.8 Å². The van der Waals surface area contributed by atoms with Gasteiger partial charge >= 0.3 is 0 Å². The van der Waals surface area contributed by atoms with Crippen molar-refractivity contribution in [1.82, 2.24) is 10.2 Å². The van der Waals surface area contributed by atoms with Crippen LogP contribution in [0.5, 0.6) is 5.75 Å². The number of carbonyl (C=O) groups is 2. The molecule has 2 aliphatic heterocycles. The highest BCUT2D eigenvalue weighted by molar-refractivity contribution is 5.85. The van der Waals surface area contributed by atoms with Crippen LogP contribution in [-0.4, -0.2) is 36.9 Å². The number of hydrogen-bond acceptors (Lipinski definition) is 3. The number of piperidine rings is 1. The zero-order chi connectivity index (χ0) is 20.2. The first-order valence-corrected chi connectivity index (χ1v) is 10.2. The Morgan fingerprint density at radius 3 is 2.72 bits per heavy atom. The first-order chi connectivity index (χ1) is 14.1. The summed E-state index contributed by atoms with van der Waals surface area (Å²) in [4.78, 5) is 25.8. The number of ether oxygens (including phenoxy) is 1. The molecule has 0 radical (unpaired) electrons. The van der Waals surface area contributed by atoms with Crippen molar-refractivity contribution >= 4 is 17.4 Å². The molecule has 2 aromatic carbocycles. The van der Waals surface area contributed by atoms with Gasteiger partial charge in [0.05, 0.1) is 5.92 Å². The van der Waals surface area contributed by atoms with Crippen molar-refractivity contribution in [3.05, 3.63) is 71.3 Å². The van der Waals surface area contributed by atoms with Crippen LogP contribution in [0, 0.1) is 5.92 Å². The van der Waals surface area contributed by atoms with Gasteiger partial charge in [0, 0.05) is 32.1 Å². The van der Waals surface area contributed by atoms with Crippen LogP contribution < -0.4 is 10.1 Å². The highest BCUT2D eigenvalue weighted by atomic mass is 16.5. The number of benzene rings is 2. The number of amides is 2. The molecule has 4 rings (SSSR count). The second kappa shape index (κ2) is 8.52. The summed E-state index contributed by atoms with van der Waals surface area (Å²) >= 11 is 0. The van der Waals surface area contributed by atoms with Crippen LogP contribution in [0.1, 0.15) is 36.0 Å². The van der Waals surface area contributed by atoms with E-state index in [2.05, 4.69) is 29.6 Å². The van der Waals surface area contributed by atoms with E-state index in [1.54, 1.807) is 4.90 Å². The smallest absolute Gasteiger partial charge is 0.227 e. The van der Waals surface area contributed by atoms with E-state index in [9.17, 15) is 9.59 Å². The predicted molar refractivity (Wildman–Crippen MR) is 112 cm³/mol. The van der Waals surface area contributed by atoms with Gasteiger partial charge in [0.15, 0.2) is 0 Å². The van der Waals surface area contributed by atoms with Crippen molar-refractivity contribution in [1.29, 1.82) is 0 Å². The fourth-order valence-electron chi connectivity index (χ4n) is 4.01. The summed E-state index contributed by atoms with van der Waals surface area (Å²) in [5, 5.41) is 2.79. The van der Waals surface area contributed by atoms with Crippen LogP contribution in [0.2, 0.25) is 0 Å². The third kappa shape index (κ3) is 4.19. The van der Waals surface area contributed by atoms with Gasteiger partial charge in [-0.15, -0.1) is 0 Å². The normalized spacial score (nSPS) is 19.4. The summed E-state index contributed by atoms with van der Waals surface area (Å²) in [5.74, 6) is 0.915. The number of para-hydroxylation sites is 1. The van der Waals surface area contributed by atoms with Gasteiger partial charge in [-0.3, -0.25) is 9.59 Å². The molecular weight excluding hydrogens is 364 g/mol. The number of hydrogen-bond donors (Lipinski definition) is 1. The standard InChI is InChI=1S/C24H26N2O3/c1-26(24(28)17-12-13-23(27)25-15-17)14-6-10-20-19-8-3-2-7-18(19)16-29-22-11-5-4-9-21(20)22/h2-5,7-11,17H,6,12-16H2,1H3,(H,25,27)/b20-10-. The summed E-state index contributed by atoms with van der Waals surface area (Å²) in [6.45, 7) is 1.63. The van der Waals surface area contributed by atoms with Gasteiger partial charge in [0.1, 0.15) is 12.4 Å². The molecule has 0 aromatic heterocycles. The maximum Gasteiger partial charge on any atom is 0.227 e. The molecule has 1 atom stereocenters. The average Bonchev–Trinajstić information content (AvgIpc) is 2.91. The van der Waals surface area contributed by atoms with Gasteiger partial charge in [-0.2, -0.15) is 0 Å². The van der Waals surface area contributed by atoms with Crippen molar-refractivity contribution in [2.75, 3.05) is 20.1 Å². The van der Waals surface area contributed by atoms with Gasteiger partial charge in [-0.25, -0.2) is 0 Å². The molecule has 2 aliphatic rings. The van der Waals surface area contributed by atoms with Gasteiger partial charge in [0.25, 0.3) is 0 Å². The SMILES string of the molecule is CN(CC/C=C1/c2ccccc2COc2ccccc21)C(=O)C1CCC(=O)NC1. The zero-order valence-electron chi connectivity index (χ0n) is 16.7. The van der Waals surface area contributed by atoms with Crippen LogP contribution in [0.15, 0.2) is 54.6 Å². The molecule has 0 saturated carbocycles. The van der Waals surface area contributed by atoms with Gasteiger partial charge in [-0.1, -0.05) is 48.5 Å². The predicted octanol–water partition coefficient (Wildman–Crippen LogP) is 3.39. The third-order valence-electron chi connectivity index (χ3n) is 5.67. The molecule has 1 N–H and O–H groups in total.